The number of fused-ring (bicyclic) bond motifs is 2. The van der Waals surface area contributed by atoms with E-state index in [4.69, 9.17) is 4.74 Å². The van der Waals surface area contributed by atoms with Crippen molar-refractivity contribution in [2.75, 3.05) is 13.7 Å². The number of amides is 2. The van der Waals surface area contributed by atoms with Crippen LogP contribution in [0.25, 0.3) is 0 Å². The molecule has 174 valence electrons. The molecule has 0 spiro atoms. The first-order chi connectivity index (χ1) is 15.7. The maximum absolute atomic E-state index is 13.7. The Morgan fingerprint density at radius 2 is 2.06 bits per heavy atom. The summed E-state index contributed by atoms with van der Waals surface area (Å²) in [6.45, 7) is 3.50. The van der Waals surface area contributed by atoms with Gasteiger partial charge in [0.15, 0.2) is 6.61 Å². The summed E-state index contributed by atoms with van der Waals surface area (Å²) in [6, 6.07) is 4.56. The van der Waals surface area contributed by atoms with Crippen LogP contribution in [0.5, 0.6) is 5.75 Å². The fourth-order valence-corrected chi connectivity index (χ4v) is 4.46. The molecule has 33 heavy (non-hydrogen) atoms. The lowest BCUT2D eigenvalue weighted by atomic mass is 9.64. The summed E-state index contributed by atoms with van der Waals surface area (Å²) in [4.78, 5) is 35.5. The molecule has 0 aliphatic heterocycles. The highest BCUT2D eigenvalue weighted by Crippen LogP contribution is 2.49. The Balaban J connectivity index is 1.33. The molecule has 0 saturated heterocycles. The number of benzene rings is 1. The molecule has 9 heteroatoms. The molecule has 3 aliphatic carbocycles. The Hall–Kier alpha value is -2.86. The van der Waals surface area contributed by atoms with Crippen molar-refractivity contribution in [1.29, 1.82) is 0 Å². The number of aromatic nitrogens is 2. The maximum Gasteiger partial charge on any atom is 0.271 e. The average molecular weight is 470 g/mol. The van der Waals surface area contributed by atoms with Gasteiger partial charge in [0.25, 0.3) is 11.8 Å². The highest BCUT2D eigenvalue weighted by atomic mass is 31.0. The molecule has 0 radical (unpaired) electrons. The summed E-state index contributed by atoms with van der Waals surface area (Å²) in [5.74, 6) is -0.453. The lowest BCUT2D eigenvalue weighted by Gasteiger charge is -2.50. The van der Waals surface area contributed by atoms with E-state index in [-0.39, 0.29) is 35.4 Å². The summed E-state index contributed by atoms with van der Waals surface area (Å²) in [6.07, 6.45) is 5.99. The molecular weight excluding hydrogens is 442 g/mol. The number of nitrogens with zero attached hydrogens (tertiary/aromatic N) is 3. The van der Waals surface area contributed by atoms with Gasteiger partial charge < -0.3 is 15.0 Å². The molecule has 2 amide bonds. The molecule has 2 unspecified atom stereocenters. The number of rotatable bonds is 7. The van der Waals surface area contributed by atoms with Crippen molar-refractivity contribution in [2.24, 2.45) is 0 Å². The largest absolute Gasteiger partial charge is 0.484 e. The van der Waals surface area contributed by atoms with E-state index in [2.05, 4.69) is 24.5 Å². The Labute approximate surface area is 195 Å². The average Bonchev–Trinajstić information content (AvgIpc) is 2.78. The first-order valence-electron chi connectivity index (χ1n) is 10.9. The van der Waals surface area contributed by atoms with Gasteiger partial charge in [-0.1, -0.05) is 13.0 Å². The molecule has 1 aromatic carbocycles. The topological polar surface area (TPSA) is 84.4 Å². The van der Waals surface area contributed by atoms with Crippen LogP contribution in [0.4, 0.5) is 4.39 Å². The van der Waals surface area contributed by atoms with Crippen LogP contribution in [-0.4, -0.2) is 45.9 Å². The van der Waals surface area contributed by atoms with Crippen LogP contribution in [0.3, 0.4) is 0 Å². The van der Waals surface area contributed by atoms with E-state index in [9.17, 15) is 14.0 Å². The third kappa shape index (κ3) is 4.91. The number of hydrogen-bond acceptors (Lipinski definition) is 5. The molecule has 1 aromatic heterocycles. The van der Waals surface area contributed by atoms with Crippen LogP contribution < -0.4 is 10.1 Å². The van der Waals surface area contributed by atoms with Crippen molar-refractivity contribution in [3.05, 3.63) is 64.6 Å². The zero-order valence-electron chi connectivity index (χ0n) is 19.0. The van der Waals surface area contributed by atoms with Crippen LogP contribution >= 0.6 is 9.24 Å². The normalized spacial score (nSPS) is 17.1. The number of carbonyl (C=O) groups excluding carboxylic acids is 2. The Morgan fingerprint density at radius 3 is 2.64 bits per heavy atom. The van der Waals surface area contributed by atoms with Crippen LogP contribution in [0, 0.1) is 12.7 Å². The van der Waals surface area contributed by atoms with Crippen molar-refractivity contribution in [2.45, 2.75) is 50.7 Å². The quantitative estimate of drug-likeness (QED) is 0.624. The van der Waals surface area contributed by atoms with Crippen molar-refractivity contribution >= 4 is 21.1 Å². The predicted octanol–water partition coefficient (Wildman–Crippen LogP) is 3.71. The predicted molar refractivity (Wildman–Crippen MR) is 125 cm³/mol. The molecular formula is C24H28FN4O3P. The molecule has 3 aliphatic rings. The number of aryl methyl sites for hydroxylation is 1. The summed E-state index contributed by atoms with van der Waals surface area (Å²) in [7, 11) is 4.39. The minimum absolute atomic E-state index is 0.165. The highest BCUT2D eigenvalue weighted by molar-refractivity contribution is 7.17. The van der Waals surface area contributed by atoms with Gasteiger partial charge >= 0.3 is 0 Å². The lowest BCUT2D eigenvalue weighted by Crippen LogP contribution is -2.57. The van der Waals surface area contributed by atoms with Gasteiger partial charge in [0.05, 0.1) is 11.9 Å². The third-order valence-corrected chi connectivity index (χ3v) is 6.73. The standard InChI is InChI=1S/C24H28FN4O3P/c1-14-4-5-17(8-18(14)25)32-13-22(30)29(3)21-6-7-24(9-16(21)10-24)28-23(31)20-12-26-19(11-27-20)15(2)33/h4-5,8,11-12,15H,6-7,9-10,13,33H2,1-3H3,(H,28,31). The SMILES string of the molecule is Cc1ccc(OCC(=O)N(C)C2=C3CC(NC(=O)c4cnc(C(C)P)cn4)(CC2)C3)cc1F. The van der Waals surface area contributed by atoms with E-state index >= 15 is 0 Å². The number of ether oxygens (including phenoxy) is 1. The van der Waals surface area contributed by atoms with Gasteiger partial charge in [-0.15, -0.1) is 9.24 Å². The van der Waals surface area contributed by atoms with Gasteiger partial charge in [-0.05, 0) is 49.8 Å². The lowest BCUT2D eigenvalue weighted by molar-refractivity contribution is -0.130. The van der Waals surface area contributed by atoms with E-state index in [1.807, 2.05) is 6.92 Å². The first-order valence-corrected chi connectivity index (χ1v) is 11.6. The zero-order chi connectivity index (χ0) is 23.8. The Kier molecular flexibility index (Phi) is 6.48. The molecule has 2 bridgehead atoms. The number of likely N-dealkylation sites (N-methyl/N-ethyl adjacent to an activating group) is 1. The number of allylic oxidation sites excluding steroid dienone is 1. The van der Waals surface area contributed by atoms with Gasteiger partial charge in [0.1, 0.15) is 17.3 Å². The second-order valence-corrected chi connectivity index (χ2v) is 9.91. The first kappa shape index (κ1) is 23.3. The number of nitrogens with one attached hydrogen (secondary N) is 1. The second kappa shape index (κ2) is 9.18. The van der Waals surface area contributed by atoms with Gasteiger partial charge in [0, 0.05) is 36.2 Å². The molecule has 5 rings (SSSR count). The van der Waals surface area contributed by atoms with Crippen molar-refractivity contribution in [3.8, 4) is 5.75 Å². The molecule has 1 fully saturated rings. The Bertz CT molecular complexity index is 1110. The second-order valence-electron chi connectivity index (χ2n) is 8.91. The van der Waals surface area contributed by atoms with Gasteiger partial charge in [0.2, 0.25) is 0 Å². The molecule has 1 saturated carbocycles. The smallest absolute Gasteiger partial charge is 0.271 e. The van der Waals surface area contributed by atoms with Crippen LogP contribution in [0.2, 0.25) is 0 Å². The molecule has 1 N–H and O–H groups in total. The van der Waals surface area contributed by atoms with Crippen LogP contribution in [-0.2, 0) is 4.79 Å². The maximum atomic E-state index is 13.7. The molecule has 2 atom stereocenters. The van der Waals surface area contributed by atoms with E-state index in [1.165, 1.54) is 12.3 Å². The summed E-state index contributed by atoms with van der Waals surface area (Å²) in [5, 5.41) is 3.13. The zero-order valence-corrected chi connectivity index (χ0v) is 20.2. The van der Waals surface area contributed by atoms with Gasteiger partial charge in [-0.2, -0.15) is 0 Å². The minimum Gasteiger partial charge on any atom is -0.484 e. The van der Waals surface area contributed by atoms with Crippen LogP contribution in [0.1, 0.15) is 60.0 Å². The fraction of sp³-hybridized carbons (Fsp3) is 0.417. The van der Waals surface area contributed by atoms with E-state index in [0.717, 1.165) is 23.4 Å². The van der Waals surface area contributed by atoms with Crippen molar-refractivity contribution < 1.29 is 18.7 Å². The Morgan fingerprint density at radius 1 is 1.30 bits per heavy atom. The monoisotopic (exact) mass is 470 g/mol. The summed E-state index contributed by atoms with van der Waals surface area (Å²) in [5.41, 5.74) is 3.68. The minimum atomic E-state index is -0.362. The molecule has 2 aromatic rings. The van der Waals surface area contributed by atoms with Crippen LogP contribution in [0.15, 0.2) is 41.9 Å². The van der Waals surface area contributed by atoms with E-state index in [1.54, 1.807) is 37.2 Å². The fourth-order valence-electron chi connectivity index (χ4n) is 4.29. The summed E-state index contributed by atoms with van der Waals surface area (Å²) >= 11 is 0. The van der Waals surface area contributed by atoms with Gasteiger partial charge in [-0.3, -0.25) is 14.6 Å². The highest BCUT2D eigenvalue weighted by Gasteiger charge is 2.47. The number of carbonyl (C=O) groups is 2. The molecule has 1 heterocycles. The molecule has 7 nitrogen and oxygen atoms in total. The summed E-state index contributed by atoms with van der Waals surface area (Å²) < 4.78 is 19.2. The number of halogens is 1. The third-order valence-electron chi connectivity index (χ3n) is 6.39. The van der Waals surface area contributed by atoms with Crippen molar-refractivity contribution in [1.82, 2.24) is 20.2 Å². The van der Waals surface area contributed by atoms with Gasteiger partial charge in [-0.25, -0.2) is 9.37 Å². The van der Waals surface area contributed by atoms with E-state index in [0.29, 0.717) is 36.3 Å². The van der Waals surface area contributed by atoms with Crippen molar-refractivity contribution in [3.63, 3.8) is 0 Å². The van der Waals surface area contributed by atoms with E-state index < -0.39 is 0 Å². The number of hydrogen-bond donors (Lipinski definition) is 1.